The monoisotopic (exact) mass is 256 g/mol. The van der Waals surface area contributed by atoms with E-state index in [1.165, 1.54) is 21.3 Å². The van der Waals surface area contributed by atoms with Crippen LogP contribution in [0, 0.1) is 5.92 Å². The van der Waals surface area contributed by atoms with E-state index in [2.05, 4.69) is 0 Å². The van der Waals surface area contributed by atoms with Crippen molar-refractivity contribution in [2.75, 3.05) is 27.9 Å². The number of hydrogen-bond acceptors (Lipinski definition) is 6. The maximum Gasteiger partial charge on any atom is 0.344 e. The molecule has 1 heterocycles. The fraction of sp³-hybridized carbons (Fsp3) is 0.667. The summed E-state index contributed by atoms with van der Waals surface area (Å²) in [4.78, 5) is 23.8. The Morgan fingerprint density at radius 2 is 2.00 bits per heavy atom. The first-order valence-corrected chi connectivity index (χ1v) is 5.72. The number of ether oxygens (including phenoxy) is 4. The highest BCUT2D eigenvalue weighted by Crippen LogP contribution is 2.53. The largest absolute Gasteiger partial charge is 0.500 e. The second-order valence-corrected chi connectivity index (χ2v) is 4.21. The third kappa shape index (κ3) is 1.45. The van der Waals surface area contributed by atoms with E-state index in [4.69, 9.17) is 18.9 Å². The van der Waals surface area contributed by atoms with Gasteiger partial charge in [-0.15, -0.1) is 0 Å². The van der Waals surface area contributed by atoms with Crippen molar-refractivity contribution in [3.8, 4) is 0 Å². The zero-order valence-corrected chi connectivity index (χ0v) is 10.6. The van der Waals surface area contributed by atoms with Gasteiger partial charge in [-0.3, -0.25) is 0 Å². The summed E-state index contributed by atoms with van der Waals surface area (Å²) in [6.07, 6.45) is 1.53. The molecule has 0 aromatic heterocycles. The summed E-state index contributed by atoms with van der Waals surface area (Å²) in [5.41, 5.74) is -1.21. The van der Waals surface area contributed by atoms with Crippen molar-refractivity contribution in [2.45, 2.75) is 18.4 Å². The molecular formula is C12H16O6. The van der Waals surface area contributed by atoms with Crippen LogP contribution in [-0.4, -0.2) is 45.5 Å². The lowest BCUT2D eigenvalue weighted by Crippen LogP contribution is -2.62. The molecule has 0 N–H and O–H groups in total. The van der Waals surface area contributed by atoms with Gasteiger partial charge in [0.05, 0.1) is 27.2 Å². The van der Waals surface area contributed by atoms with Gasteiger partial charge in [0.2, 0.25) is 5.60 Å². The van der Waals surface area contributed by atoms with Crippen LogP contribution in [0.1, 0.15) is 12.8 Å². The van der Waals surface area contributed by atoms with E-state index in [-0.39, 0.29) is 11.5 Å². The zero-order chi connectivity index (χ0) is 13.3. The first-order chi connectivity index (χ1) is 8.63. The van der Waals surface area contributed by atoms with E-state index in [9.17, 15) is 9.59 Å². The highest BCUT2D eigenvalue weighted by molar-refractivity contribution is 6.04. The van der Waals surface area contributed by atoms with Crippen molar-refractivity contribution >= 4 is 11.9 Å². The maximum atomic E-state index is 12.0. The summed E-state index contributed by atoms with van der Waals surface area (Å²) in [6.45, 7) is 0.406. The molecule has 1 aliphatic carbocycles. The Balaban J connectivity index is 2.48. The Hall–Kier alpha value is -1.56. The normalized spacial score (nSPS) is 30.1. The number of carbonyl (C=O) groups excluding carboxylic acids is 2. The van der Waals surface area contributed by atoms with E-state index in [1.54, 1.807) is 0 Å². The van der Waals surface area contributed by atoms with Gasteiger partial charge in [-0.05, 0) is 12.8 Å². The van der Waals surface area contributed by atoms with Gasteiger partial charge in [-0.25, -0.2) is 9.59 Å². The summed E-state index contributed by atoms with van der Waals surface area (Å²) < 4.78 is 20.2. The van der Waals surface area contributed by atoms with Gasteiger partial charge in [0.15, 0.2) is 0 Å². The molecule has 0 unspecified atom stereocenters. The summed E-state index contributed by atoms with van der Waals surface area (Å²) in [7, 11) is 3.99. The predicted molar refractivity (Wildman–Crippen MR) is 59.5 cm³/mol. The number of methoxy groups -OCH3 is 3. The third-order valence-corrected chi connectivity index (χ3v) is 3.49. The van der Waals surface area contributed by atoms with Gasteiger partial charge in [0, 0.05) is 6.61 Å². The van der Waals surface area contributed by atoms with Crippen molar-refractivity contribution in [1.82, 2.24) is 0 Å². The van der Waals surface area contributed by atoms with Crippen LogP contribution in [0.5, 0.6) is 0 Å². The minimum absolute atomic E-state index is 0.129. The first kappa shape index (κ1) is 12.9. The van der Waals surface area contributed by atoms with Gasteiger partial charge < -0.3 is 18.9 Å². The molecular weight excluding hydrogens is 240 g/mol. The molecule has 2 aliphatic rings. The van der Waals surface area contributed by atoms with Gasteiger partial charge in [0.1, 0.15) is 11.3 Å². The van der Waals surface area contributed by atoms with Crippen molar-refractivity contribution in [1.29, 1.82) is 0 Å². The predicted octanol–water partition coefficient (Wildman–Crippen LogP) is 0.412. The van der Waals surface area contributed by atoms with Crippen LogP contribution in [0.15, 0.2) is 11.3 Å². The minimum Gasteiger partial charge on any atom is -0.500 e. The smallest absolute Gasteiger partial charge is 0.344 e. The van der Waals surface area contributed by atoms with Crippen LogP contribution < -0.4 is 0 Å². The molecule has 18 heavy (non-hydrogen) atoms. The Bertz CT molecular complexity index is 413. The van der Waals surface area contributed by atoms with Crippen LogP contribution in [0.3, 0.4) is 0 Å². The minimum atomic E-state index is -1.34. The molecule has 0 saturated carbocycles. The van der Waals surface area contributed by atoms with Crippen molar-refractivity contribution in [2.24, 2.45) is 5.92 Å². The van der Waals surface area contributed by atoms with E-state index in [1.807, 2.05) is 0 Å². The lowest BCUT2D eigenvalue weighted by molar-refractivity contribution is -0.190. The molecule has 0 bridgehead atoms. The maximum absolute atomic E-state index is 12.0. The van der Waals surface area contributed by atoms with Crippen LogP contribution in [0.25, 0.3) is 0 Å². The fourth-order valence-corrected chi connectivity index (χ4v) is 2.72. The molecule has 2 rings (SSSR count). The molecule has 1 fully saturated rings. The van der Waals surface area contributed by atoms with Gasteiger partial charge in [-0.2, -0.15) is 0 Å². The first-order valence-electron chi connectivity index (χ1n) is 5.72. The summed E-state index contributed by atoms with van der Waals surface area (Å²) >= 11 is 0. The van der Waals surface area contributed by atoms with E-state index >= 15 is 0 Å². The molecule has 0 spiro atoms. The lowest BCUT2D eigenvalue weighted by Gasteiger charge is -2.49. The Morgan fingerprint density at radius 3 is 2.56 bits per heavy atom. The standard InChI is InChI=1S/C12H16O6/c1-15-9-7-5-4-6-18-12(7,11(14)17-3)8(9)10(13)16-2/h7H,4-6H2,1-3H3/t7-,12-/m0/s1. The third-order valence-electron chi connectivity index (χ3n) is 3.49. The van der Waals surface area contributed by atoms with Crippen molar-refractivity contribution in [3.05, 3.63) is 11.3 Å². The van der Waals surface area contributed by atoms with Gasteiger partial charge in [0.25, 0.3) is 0 Å². The van der Waals surface area contributed by atoms with Crippen LogP contribution >= 0.6 is 0 Å². The molecule has 6 heteroatoms. The number of rotatable bonds is 3. The zero-order valence-electron chi connectivity index (χ0n) is 10.6. The number of carbonyl (C=O) groups is 2. The number of fused-ring (bicyclic) bond motifs is 1. The molecule has 6 nitrogen and oxygen atoms in total. The fourth-order valence-electron chi connectivity index (χ4n) is 2.72. The van der Waals surface area contributed by atoms with Crippen LogP contribution in [-0.2, 0) is 28.5 Å². The summed E-state index contributed by atoms with van der Waals surface area (Å²) in [5.74, 6) is -0.992. The van der Waals surface area contributed by atoms with Gasteiger partial charge in [-0.1, -0.05) is 0 Å². The molecule has 1 aliphatic heterocycles. The quantitative estimate of drug-likeness (QED) is 0.681. The number of hydrogen-bond donors (Lipinski definition) is 0. The highest BCUT2D eigenvalue weighted by Gasteiger charge is 2.66. The van der Waals surface area contributed by atoms with Crippen molar-refractivity contribution in [3.63, 3.8) is 0 Å². The second-order valence-electron chi connectivity index (χ2n) is 4.21. The molecule has 0 radical (unpaired) electrons. The second kappa shape index (κ2) is 4.61. The Kier molecular flexibility index (Phi) is 3.30. The van der Waals surface area contributed by atoms with E-state index in [0.717, 1.165) is 12.8 Å². The van der Waals surface area contributed by atoms with Crippen molar-refractivity contribution < 1.29 is 28.5 Å². The molecule has 0 amide bonds. The Morgan fingerprint density at radius 1 is 1.28 bits per heavy atom. The number of esters is 2. The molecule has 100 valence electrons. The molecule has 1 saturated heterocycles. The van der Waals surface area contributed by atoms with Crippen LogP contribution in [0.4, 0.5) is 0 Å². The lowest BCUT2D eigenvalue weighted by atomic mass is 9.65. The summed E-state index contributed by atoms with van der Waals surface area (Å²) in [6, 6.07) is 0. The average Bonchev–Trinajstić information content (AvgIpc) is 2.39. The van der Waals surface area contributed by atoms with E-state index < -0.39 is 17.5 Å². The summed E-state index contributed by atoms with van der Waals surface area (Å²) in [5, 5.41) is 0. The average molecular weight is 256 g/mol. The Labute approximate surface area is 105 Å². The highest BCUT2D eigenvalue weighted by atomic mass is 16.6. The molecule has 2 atom stereocenters. The van der Waals surface area contributed by atoms with Gasteiger partial charge >= 0.3 is 11.9 Å². The van der Waals surface area contributed by atoms with Crippen LogP contribution in [0.2, 0.25) is 0 Å². The SMILES string of the molecule is COC(=O)C1=C(OC)[C@@H]2CCCO[C@]12C(=O)OC. The molecule has 0 aromatic carbocycles. The van der Waals surface area contributed by atoms with E-state index in [0.29, 0.717) is 12.4 Å². The molecule has 0 aromatic rings. The topological polar surface area (TPSA) is 71.1 Å².